The Bertz CT molecular complexity index is 881. The predicted octanol–water partition coefficient (Wildman–Crippen LogP) is 3.54. The zero-order chi connectivity index (χ0) is 15.3. The van der Waals surface area contributed by atoms with Crippen molar-refractivity contribution in [1.29, 1.82) is 0 Å². The molecule has 0 radical (unpaired) electrons. The van der Waals surface area contributed by atoms with Gasteiger partial charge in [-0.1, -0.05) is 24.3 Å². The fourth-order valence-electron chi connectivity index (χ4n) is 3.40. The maximum Gasteiger partial charge on any atom is 0.223 e. The highest BCUT2D eigenvalue weighted by molar-refractivity contribution is 6.09. The molecule has 1 aromatic heterocycles. The molecule has 0 spiro atoms. The number of para-hydroxylation sites is 1. The van der Waals surface area contributed by atoms with Gasteiger partial charge < -0.3 is 14.1 Å². The first kappa shape index (κ1) is 13.2. The summed E-state index contributed by atoms with van der Waals surface area (Å²) in [7, 11) is 3.50. The molecule has 0 saturated carbocycles. The summed E-state index contributed by atoms with van der Waals surface area (Å²) in [6.07, 6.45) is 0.553. The van der Waals surface area contributed by atoms with Crippen LogP contribution in [-0.4, -0.2) is 31.5 Å². The van der Waals surface area contributed by atoms with E-state index in [4.69, 9.17) is 9.15 Å². The number of hydrogen-bond acceptors (Lipinski definition) is 3. The van der Waals surface area contributed by atoms with Crippen LogP contribution in [-0.2, 0) is 4.79 Å². The Kier molecular flexibility index (Phi) is 2.86. The maximum atomic E-state index is 11.9. The molecule has 1 saturated heterocycles. The van der Waals surface area contributed by atoms with Gasteiger partial charge in [-0.3, -0.25) is 4.79 Å². The Morgan fingerprint density at radius 2 is 2.05 bits per heavy atom. The maximum absolute atomic E-state index is 11.9. The van der Waals surface area contributed by atoms with E-state index in [1.807, 2.05) is 31.3 Å². The fourth-order valence-corrected chi connectivity index (χ4v) is 3.40. The van der Waals surface area contributed by atoms with Crippen molar-refractivity contribution in [3.63, 3.8) is 0 Å². The highest BCUT2D eigenvalue weighted by Crippen LogP contribution is 2.41. The van der Waals surface area contributed by atoms with Gasteiger partial charge >= 0.3 is 0 Å². The molecule has 1 aliphatic rings. The minimum atomic E-state index is 0.196. The molecular weight excluding hydrogens is 278 g/mol. The van der Waals surface area contributed by atoms with Crippen molar-refractivity contribution in [1.82, 2.24) is 4.90 Å². The number of nitrogens with zero attached hydrogens (tertiary/aromatic N) is 1. The molecule has 0 N–H and O–H groups in total. The number of carbonyl (C=O) groups is 1. The van der Waals surface area contributed by atoms with Gasteiger partial charge in [0.2, 0.25) is 5.91 Å². The van der Waals surface area contributed by atoms with Crippen molar-refractivity contribution < 1.29 is 13.9 Å². The van der Waals surface area contributed by atoms with Crippen LogP contribution in [0.1, 0.15) is 17.9 Å². The first-order valence-corrected chi connectivity index (χ1v) is 7.41. The second-order valence-corrected chi connectivity index (χ2v) is 5.83. The fraction of sp³-hybridized carbons (Fsp3) is 0.278. The number of amides is 1. The van der Waals surface area contributed by atoms with Gasteiger partial charge in [0.05, 0.1) is 7.11 Å². The number of ether oxygens (including phenoxy) is 1. The van der Waals surface area contributed by atoms with Crippen LogP contribution in [0.4, 0.5) is 0 Å². The minimum absolute atomic E-state index is 0.196. The van der Waals surface area contributed by atoms with Crippen molar-refractivity contribution in [3.8, 4) is 5.75 Å². The SMILES string of the molecule is COc1ccc(C2CC(=O)N(C)C2)c2c1oc1ccccc12. The Hall–Kier alpha value is -2.49. The second kappa shape index (κ2) is 4.77. The van der Waals surface area contributed by atoms with Crippen molar-refractivity contribution in [2.75, 3.05) is 20.7 Å². The quantitative estimate of drug-likeness (QED) is 0.726. The van der Waals surface area contributed by atoms with E-state index in [0.29, 0.717) is 6.42 Å². The van der Waals surface area contributed by atoms with Crippen molar-refractivity contribution in [2.24, 2.45) is 0 Å². The number of methoxy groups -OCH3 is 1. The Morgan fingerprint density at radius 1 is 1.23 bits per heavy atom. The molecule has 0 aliphatic carbocycles. The van der Waals surface area contributed by atoms with E-state index in [0.717, 1.165) is 34.2 Å². The van der Waals surface area contributed by atoms with Gasteiger partial charge in [-0.05, 0) is 17.7 Å². The summed E-state index contributed by atoms with van der Waals surface area (Å²) >= 11 is 0. The van der Waals surface area contributed by atoms with Gasteiger partial charge in [0.15, 0.2) is 11.3 Å². The summed E-state index contributed by atoms with van der Waals surface area (Å²) < 4.78 is 11.5. The average molecular weight is 295 g/mol. The van der Waals surface area contributed by atoms with Crippen molar-refractivity contribution >= 4 is 27.8 Å². The topological polar surface area (TPSA) is 42.7 Å². The molecule has 3 aromatic rings. The monoisotopic (exact) mass is 295 g/mol. The highest BCUT2D eigenvalue weighted by atomic mass is 16.5. The summed E-state index contributed by atoms with van der Waals surface area (Å²) in [5.74, 6) is 1.13. The second-order valence-electron chi connectivity index (χ2n) is 5.83. The number of carbonyl (C=O) groups excluding carboxylic acids is 1. The van der Waals surface area contributed by atoms with E-state index in [2.05, 4.69) is 12.1 Å². The lowest BCUT2D eigenvalue weighted by Gasteiger charge is -2.13. The number of rotatable bonds is 2. The molecule has 0 bridgehead atoms. The third-order valence-corrected chi connectivity index (χ3v) is 4.52. The first-order chi connectivity index (χ1) is 10.7. The van der Waals surface area contributed by atoms with Gasteiger partial charge in [0, 0.05) is 36.7 Å². The summed E-state index contributed by atoms with van der Waals surface area (Å²) in [6.45, 7) is 0.750. The zero-order valence-electron chi connectivity index (χ0n) is 12.6. The van der Waals surface area contributed by atoms with Crippen LogP contribution in [0, 0.1) is 0 Å². The van der Waals surface area contributed by atoms with Gasteiger partial charge in [0.25, 0.3) is 0 Å². The van der Waals surface area contributed by atoms with Gasteiger partial charge in [-0.25, -0.2) is 0 Å². The van der Waals surface area contributed by atoms with E-state index in [-0.39, 0.29) is 11.8 Å². The molecule has 1 amide bonds. The largest absolute Gasteiger partial charge is 0.493 e. The highest BCUT2D eigenvalue weighted by Gasteiger charge is 2.30. The van der Waals surface area contributed by atoms with Gasteiger partial charge in [0.1, 0.15) is 5.58 Å². The summed E-state index contributed by atoms with van der Waals surface area (Å²) in [4.78, 5) is 13.7. The van der Waals surface area contributed by atoms with Crippen LogP contribution in [0.2, 0.25) is 0 Å². The van der Waals surface area contributed by atoms with Crippen LogP contribution in [0.25, 0.3) is 21.9 Å². The molecule has 22 heavy (non-hydrogen) atoms. The Morgan fingerprint density at radius 3 is 2.77 bits per heavy atom. The van der Waals surface area contributed by atoms with Gasteiger partial charge in [-0.15, -0.1) is 0 Å². The molecule has 1 atom stereocenters. The lowest BCUT2D eigenvalue weighted by Crippen LogP contribution is -2.18. The Labute approximate surface area is 128 Å². The number of likely N-dealkylation sites (tertiary alicyclic amines) is 1. The molecule has 1 aliphatic heterocycles. The van der Waals surface area contributed by atoms with Crippen molar-refractivity contribution in [2.45, 2.75) is 12.3 Å². The smallest absolute Gasteiger partial charge is 0.223 e. The zero-order valence-corrected chi connectivity index (χ0v) is 12.6. The molecule has 4 rings (SSSR count). The number of fused-ring (bicyclic) bond motifs is 3. The summed E-state index contributed by atoms with van der Waals surface area (Å²) in [6, 6.07) is 12.0. The normalized spacial score (nSPS) is 18.5. The molecule has 1 fully saturated rings. The molecule has 2 heterocycles. The first-order valence-electron chi connectivity index (χ1n) is 7.41. The summed E-state index contributed by atoms with van der Waals surface area (Å²) in [5.41, 5.74) is 2.78. The number of benzene rings is 2. The lowest BCUT2D eigenvalue weighted by molar-refractivity contribution is -0.126. The van der Waals surface area contributed by atoms with Crippen molar-refractivity contribution in [3.05, 3.63) is 42.0 Å². The minimum Gasteiger partial charge on any atom is -0.493 e. The van der Waals surface area contributed by atoms with Crippen LogP contribution in [0.15, 0.2) is 40.8 Å². The number of likely N-dealkylation sites (N-methyl/N-ethyl adjacent to an activating group) is 1. The van der Waals surface area contributed by atoms with E-state index in [1.54, 1.807) is 12.0 Å². The molecule has 2 aromatic carbocycles. The van der Waals surface area contributed by atoms with Crippen LogP contribution in [0.3, 0.4) is 0 Å². The standard InChI is InChI=1S/C18H17NO3/c1-19-10-11(9-16(19)20)12-7-8-15(21-2)18-17(12)13-5-3-4-6-14(13)22-18/h3-8,11H,9-10H2,1-2H3. The van der Waals surface area contributed by atoms with Crippen LogP contribution >= 0.6 is 0 Å². The molecular formula is C18H17NO3. The molecule has 1 unspecified atom stereocenters. The Balaban J connectivity index is 2.01. The average Bonchev–Trinajstić information content (AvgIpc) is 3.07. The summed E-state index contributed by atoms with van der Waals surface area (Å²) in [5, 5.41) is 2.15. The number of furan rings is 1. The lowest BCUT2D eigenvalue weighted by atomic mass is 9.93. The van der Waals surface area contributed by atoms with E-state index in [1.165, 1.54) is 5.56 Å². The van der Waals surface area contributed by atoms with Crippen LogP contribution < -0.4 is 4.74 Å². The van der Waals surface area contributed by atoms with E-state index >= 15 is 0 Å². The third kappa shape index (κ3) is 1.80. The van der Waals surface area contributed by atoms with E-state index < -0.39 is 0 Å². The third-order valence-electron chi connectivity index (χ3n) is 4.52. The molecule has 4 nitrogen and oxygen atoms in total. The van der Waals surface area contributed by atoms with Crippen LogP contribution in [0.5, 0.6) is 5.75 Å². The predicted molar refractivity (Wildman–Crippen MR) is 85.3 cm³/mol. The van der Waals surface area contributed by atoms with E-state index in [9.17, 15) is 4.79 Å². The van der Waals surface area contributed by atoms with Gasteiger partial charge in [-0.2, -0.15) is 0 Å². The molecule has 112 valence electrons. The number of hydrogen-bond donors (Lipinski definition) is 0. The molecule has 4 heteroatoms.